The molecule has 1 unspecified atom stereocenters. The molecule has 8 heteroatoms. The van der Waals surface area contributed by atoms with Gasteiger partial charge in [-0.05, 0) is 25.8 Å². The van der Waals surface area contributed by atoms with Crippen LogP contribution in [0.2, 0.25) is 0 Å². The molecule has 0 spiro atoms. The number of aromatic nitrogens is 1. The van der Waals surface area contributed by atoms with Gasteiger partial charge in [0.2, 0.25) is 5.91 Å². The standard InChI is InChI=1S/C18H26N6O.HI/c1-3-9-22-18(20-4-2)23-12-14-7-5-10-21-17(14)24-11-6-8-15(13-24)16(19)25;/h1,5,7,10,15H,4,6,8-9,11-13H2,2H3,(H2,19,25)(H2,20,22,23);1H. The molecule has 1 aromatic heterocycles. The van der Waals surface area contributed by atoms with Gasteiger partial charge in [-0.25, -0.2) is 9.98 Å². The molecule has 1 aliphatic rings. The number of halogens is 1. The molecule has 4 N–H and O–H groups in total. The molecule has 142 valence electrons. The minimum absolute atomic E-state index is 0. The fraction of sp³-hybridized carbons (Fsp3) is 0.500. The molecule has 0 saturated carbocycles. The van der Waals surface area contributed by atoms with Crippen LogP contribution in [0, 0.1) is 18.3 Å². The number of rotatable bonds is 6. The van der Waals surface area contributed by atoms with Crippen LogP contribution in [0.3, 0.4) is 0 Å². The first-order valence-corrected chi connectivity index (χ1v) is 8.59. The summed E-state index contributed by atoms with van der Waals surface area (Å²) in [5.74, 6) is 3.71. The van der Waals surface area contributed by atoms with Gasteiger partial charge in [0.15, 0.2) is 5.96 Å². The number of nitrogens with one attached hydrogen (secondary N) is 2. The number of amides is 1. The van der Waals surface area contributed by atoms with Gasteiger partial charge in [0.25, 0.3) is 0 Å². The van der Waals surface area contributed by atoms with E-state index in [1.54, 1.807) is 6.20 Å². The second-order valence-corrected chi connectivity index (χ2v) is 5.93. The minimum atomic E-state index is -0.242. The van der Waals surface area contributed by atoms with E-state index in [2.05, 4.69) is 31.4 Å². The number of anilines is 1. The van der Waals surface area contributed by atoms with Gasteiger partial charge in [0.1, 0.15) is 5.82 Å². The molecular weight excluding hydrogens is 443 g/mol. The first kappa shape index (κ1) is 22.0. The van der Waals surface area contributed by atoms with Crippen LogP contribution < -0.4 is 21.3 Å². The van der Waals surface area contributed by atoms with E-state index in [-0.39, 0.29) is 35.8 Å². The molecule has 1 aromatic rings. The van der Waals surface area contributed by atoms with Crippen molar-refractivity contribution >= 4 is 41.7 Å². The van der Waals surface area contributed by atoms with E-state index in [9.17, 15) is 4.79 Å². The Morgan fingerprint density at radius 2 is 2.35 bits per heavy atom. The Kier molecular flexibility index (Phi) is 9.80. The van der Waals surface area contributed by atoms with E-state index in [1.165, 1.54) is 0 Å². The molecule has 0 aliphatic carbocycles. The van der Waals surface area contributed by atoms with Crippen molar-refractivity contribution in [3.05, 3.63) is 23.9 Å². The molecule has 1 aliphatic heterocycles. The summed E-state index contributed by atoms with van der Waals surface area (Å²) in [6.45, 7) is 5.12. The summed E-state index contributed by atoms with van der Waals surface area (Å²) in [5, 5.41) is 6.23. The second-order valence-electron chi connectivity index (χ2n) is 5.93. The second kappa shape index (κ2) is 11.6. The average Bonchev–Trinajstić information content (AvgIpc) is 2.64. The number of nitrogens with two attached hydrogens (primary N) is 1. The third-order valence-corrected chi connectivity index (χ3v) is 4.10. The van der Waals surface area contributed by atoms with Gasteiger partial charge in [-0.1, -0.05) is 12.0 Å². The number of carbonyl (C=O) groups is 1. The third-order valence-electron chi connectivity index (χ3n) is 4.10. The highest BCUT2D eigenvalue weighted by molar-refractivity contribution is 14.0. The van der Waals surface area contributed by atoms with Gasteiger partial charge in [-0.2, -0.15) is 0 Å². The van der Waals surface area contributed by atoms with Crippen LogP contribution >= 0.6 is 24.0 Å². The fourth-order valence-electron chi connectivity index (χ4n) is 2.88. The van der Waals surface area contributed by atoms with Crippen LogP contribution in [-0.2, 0) is 11.3 Å². The SMILES string of the molecule is C#CCNC(=NCc1cccnc1N1CCCC(C(N)=O)C1)NCC.I. The topological polar surface area (TPSA) is 95.6 Å². The molecule has 0 bridgehead atoms. The molecule has 1 fully saturated rings. The van der Waals surface area contributed by atoms with Crippen molar-refractivity contribution in [3.8, 4) is 12.3 Å². The molecule has 1 atom stereocenters. The first-order valence-electron chi connectivity index (χ1n) is 8.59. The van der Waals surface area contributed by atoms with Crippen LogP contribution in [0.1, 0.15) is 25.3 Å². The largest absolute Gasteiger partial charge is 0.369 e. The molecule has 7 nitrogen and oxygen atoms in total. The normalized spacial score (nSPS) is 17.0. The van der Waals surface area contributed by atoms with Gasteiger partial charge < -0.3 is 21.3 Å². The van der Waals surface area contributed by atoms with E-state index < -0.39 is 0 Å². The third kappa shape index (κ3) is 6.37. The van der Waals surface area contributed by atoms with Crippen molar-refractivity contribution in [2.24, 2.45) is 16.6 Å². The van der Waals surface area contributed by atoms with E-state index in [0.717, 1.165) is 37.3 Å². The smallest absolute Gasteiger partial charge is 0.222 e. The van der Waals surface area contributed by atoms with Gasteiger partial charge >= 0.3 is 0 Å². The molecule has 26 heavy (non-hydrogen) atoms. The zero-order chi connectivity index (χ0) is 18.1. The fourth-order valence-corrected chi connectivity index (χ4v) is 2.88. The van der Waals surface area contributed by atoms with Crippen LogP contribution in [-0.4, -0.2) is 43.0 Å². The summed E-state index contributed by atoms with van der Waals surface area (Å²) in [6, 6.07) is 3.90. The van der Waals surface area contributed by atoms with Crippen LogP contribution in [0.5, 0.6) is 0 Å². The quantitative estimate of drug-likeness (QED) is 0.251. The highest BCUT2D eigenvalue weighted by Gasteiger charge is 2.25. The van der Waals surface area contributed by atoms with Crippen molar-refractivity contribution in [2.75, 3.05) is 31.1 Å². The molecule has 0 aromatic carbocycles. The maximum atomic E-state index is 11.5. The predicted molar refractivity (Wildman–Crippen MR) is 115 cm³/mol. The van der Waals surface area contributed by atoms with E-state index in [1.807, 2.05) is 19.1 Å². The number of terminal acetylenes is 1. The van der Waals surface area contributed by atoms with Crippen LogP contribution in [0.4, 0.5) is 5.82 Å². The van der Waals surface area contributed by atoms with Crippen molar-refractivity contribution in [2.45, 2.75) is 26.3 Å². The zero-order valence-electron chi connectivity index (χ0n) is 15.1. The maximum Gasteiger partial charge on any atom is 0.222 e. The molecular formula is C18H27IN6O. The highest BCUT2D eigenvalue weighted by Crippen LogP contribution is 2.24. The van der Waals surface area contributed by atoms with Crippen molar-refractivity contribution in [3.63, 3.8) is 0 Å². The van der Waals surface area contributed by atoms with Gasteiger partial charge in [0.05, 0.1) is 19.0 Å². The number of primary amides is 1. The Morgan fingerprint density at radius 3 is 3.04 bits per heavy atom. The summed E-state index contributed by atoms with van der Waals surface area (Å²) >= 11 is 0. The Morgan fingerprint density at radius 1 is 1.54 bits per heavy atom. The van der Waals surface area contributed by atoms with Crippen molar-refractivity contribution < 1.29 is 4.79 Å². The molecule has 1 amide bonds. The number of nitrogens with zero attached hydrogens (tertiary/aromatic N) is 3. The number of hydrogen-bond donors (Lipinski definition) is 3. The molecule has 1 saturated heterocycles. The number of guanidine groups is 1. The lowest BCUT2D eigenvalue weighted by Gasteiger charge is -2.33. The maximum absolute atomic E-state index is 11.5. The molecule has 0 radical (unpaired) electrons. The van der Waals surface area contributed by atoms with Crippen molar-refractivity contribution in [1.82, 2.24) is 15.6 Å². The van der Waals surface area contributed by atoms with Crippen LogP contribution in [0.15, 0.2) is 23.3 Å². The van der Waals surface area contributed by atoms with Crippen LogP contribution in [0.25, 0.3) is 0 Å². The summed E-state index contributed by atoms with van der Waals surface area (Å²) in [4.78, 5) is 22.7. The number of pyridine rings is 1. The minimum Gasteiger partial charge on any atom is -0.369 e. The van der Waals surface area contributed by atoms with Gasteiger partial charge in [-0.3, -0.25) is 4.79 Å². The Hall–Kier alpha value is -2.02. The lowest BCUT2D eigenvalue weighted by Crippen LogP contribution is -2.42. The number of piperidine rings is 1. The Labute approximate surface area is 172 Å². The van der Waals surface area contributed by atoms with E-state index in [0.29, 0.717) is 25.6 Å². The summed E-state index contributed by atoms with van der Waals surface area (Å²) in [6.07, 6.45) is 8.82. The monoisotopic (exact) mass is 470 g/mol. The molecule has 2 rings (SSSR count). The van der Waals surface area contributed by atoms with E-state index >= 15 is 0 Å². The van der Waals surface area contributed by atoms with Crippen molar-refractivity contribution in [1.29, 1.82) is 0 Å². The lowest BCUT2D eigenvalue weighted by atomic mass is 9.97. The Bertz CT molecular complexity index is 657. The average molecular weight is 470 g/mol. The van der Waals surface area contributed by atoms with Gasteiger partial charge in [-0.15, -0.1) is 30.4 Å². The predicted octanol–water partition coefficient (Wildman–Crippen LogP) is 1.09. The summed E-state index contributed by atoms with van der Waals surface area (Å²) in [7, 11) is 0. The molecule has 2 heterocycles. The lowest BCUT2D eigenvalue weighted by molar-refractivity contribution is -0.122. The first-order chi connectivity index (χ1) is 12.2. The number of carbonyl (C=O) groups excluding carboxylic acids is 1. The number of hydrogen-bond acceptors (Lipinski definition) is 4. The summed E-state index contributed by atoms with van der Waals surface area (Å²) < 4.78 is 0. The van der Waals surface area contributed by atoms with Gasteiger partial charge in [0, 0.05) is 31.4 Å². The number of aliphatic imine (C=N–C) groups is 1. The zero-order valence-corrected chi connectivity index (χ0v) is 17.4. The summed E-state index contributed by atoms with van der Waals surface area (Å²) in [5.41, 5.74) is 6.49. The Balaban J connectivity index is 0.00000338. The van der Waals surface area contributed by atoms with E-state index in [4.69, 9.17) is 12.2 Å². The highest BCUT2D eigenvalue weighted by atomic mass is 127.